The first kappa shape index (κ1) is 21.4. The van der Waals surface area contributed by atoms with Gasteiger partial charge in [0.2, 0.25) is 0 Å². The summed E-state index contributed by atoms with van der Waals surface area (Å²) < 4.78 is 11.2. The molecule has 1 amide bonds. The highest BCUT2D eigenvalue weighted by Gasteiger charge is 2.21. The summed E-state index contributed by atoms with van der Waals surface area (Å²) >= 11 is 0. The van der Waals surface area contributed by atoms with Crippen LogP contribution in [0.1, 0.15) is 34.9 Å². The zero-order valence-electron chi connectivity index (χ0n) is 17.8. The predicted molar refractivity (Wildman–Crippen MR) is 124 cm³/mol. The number of nitrogens with one attached hydrogen (secondary N) is 1. The maximum atomic E-state index is 12.0. The van der Waals surface area contributed by atoms with E-state index in [0.29, 0.717) is 12.3 Å². The van der Waals surface area contributed by atoms with Crippen molar-refractivity contribution in [2.75, 3.05) is 13.2 Å². The number of nitrogens with zero attached hydrogens (tertiary/aromatic N) is 1. The highest BCUT2D eigenvalue weighted by atomic mass is 16.5. The van der Waals surface area contributed by atoms with Gasteiger partial charge >= 0.3 is 0 Å². The summed E-state index contributed by atoms with van der Waals surface area (Å²) in [4.78, 5) is 12.0. The van der Waals surface area contributed by atoms with Crippen molar-refractivity contribution in [3.05, 3.63) is 120 Å². The minimum absolute atomic E-state index is 0.00603. The van der Waals surface area contributed by atoms with Crippen LogP contribution in [-0.4, -0.2) is 24.2 Å². The molecule has 0 fully saturated rings. The Balaban J connectivity index is 1.30. The van der Waals surface area contributed by atoms with Gasteiger partial charge in [0.1, 0.15) is 11.5 Å². The van der Waals surface area contributed by atoms with E-state index < -0.39 is 0 Å². The Morgan fingerprint density at radius 3 is 2.09 bits per heavy atom. The molecule has 5 nitrogen and oxygen atoms in total. The fourth-order valence-electron chi connectivity index (χ4n) is 3.61. The van der Waals surface area contributed by atoms with Gasteiger partial charge in [-0.25, -0.2) is 0 Å². The van der Waals surface area contributed by atoms with Crippen LogP contribution in [0, 0.1) is 0 Å². The molecule has 162 valence electrons. The molecular weight excluding hydrogens is 400 g/mol. The van der Waals surface area contributed by atoms with Gasteiger partial charge in [0.25, 0.3) is 5.91 Å². The molecule has 0 aliphatic carbocycles. The third-order valence-corrected chi connectivity index (χ3v) is 5.17. The number of hydrogen-bond acceptors (Lipinski definition) is 4. The SMILES string of the molecule is O=C(COc1ccccc1)NCCCc1cc(C(c2ccccc2)c2ccccc2)on1. The largest absolute Gasteiger partial charge is 0.484 e. The standard InChI is InChI=1S/C27H26N2O3/c30-26(20-31-24-16-8-3-9-17-24)28-18-10-15-23-19-25(32-29-23)27(21-11-4-1-5-12-21)22-13-6-2-7-14-22/h1-9,11-14,16-17,19,27H,10,15,18,20H2,(H,28,30). The summed E-state index contributed by atoms with van der Waals surface area (Å²) in [5.41, 5.74) is 3.20. The van der Waals surface area contributed by atoms with Crippen molar-refractivity contribution < 1.29 is 14.1 Å². The molecule has 5 heteroatoms. The lowest BCUT2D eigenvalue weighted by molar-refractivity contribution is -0.123. The van der Waals surface area contributed by atoms with E-state index in [-0.39, 0.29) is 18.4 Å². The second-order valence-corrected chi connectivity index (χ2v) is 7.53. The molecule has 1 heterocycles. The first-order chi connectivity index (χ1) is 15.8. The van der Waals surface area contributed by atoms with E-state index in [1.54, 1.807) is 0 Å². The lowest BCUT2D eigenvalue weighted by Crippen LogP contribution is -2.29. The molecule has 0 aliphatic heterocycles. The van der Waals surface area contributed by atoms with E-state index in [0.717, 1.165) is 35.4 Å². The van der Waals surface area contributed by atoms with Gasteiger partial charge < -0.3 is 14.6 Å². The summed E-state index contributed by atoms with van der Waals surface area (Å²) in [6.45, 7) is 0.563. The summed E-state index contributed by atoms with van der Waals surface area (Å²) in [7, 11) is 0. The molecule has 0 unspecified atom stereocenters. The average molecular weight is 427 g/mol. The van der Waals surface area contributed by atoms with Gasteiger partial charge in [0, 0.05) is 12.6 Å². The summed E-state index contributed by atoms with van der Waals surface area (Å²) in [6, 6.07) is 31.9. The van der Waals surface area contributed by atoms with E-state index in [1.165, 1.54) is 0 Å². The highest BCUT2D eigenvalue weighted by Crippen LogP contribution is 2.32. The van der Waals surface area contributed by atoms with Gasteiger partial charge in [0.15, 0.2) is 6.61 Å². The first-order valence-electron chi connectivity index (χ1n) is 10.8. The molecule has 0 radical (unpaired) electrons. The van der Waals surface area contributed by atoms with Crippen LogP contribution < -0.4 is 10.1 Å². The number of carbonyl (C=O) groups excluding carboxylic acids is 1. The van der Waals surface area contributed by atoms with E-state index in [4.69, 9.17) is 9.26 Å². The van der Waals surface area contributed by atoms with Gasteiger partial charge in [-0.15, -0.1) is 0 Å². The van der Waals surface area contributed by atoms with Crippen LogP contribution in [0.2, 0.25) is 0 Å². The molecule has 1 N–H and O–H groups in total. The molecule has 4 rings (SSSR count). The van der Waals surface area contributed by atoms with Gasteiger partial charge in [-0.3, -0.25) is 4.79 Å². The molecule has 0 spiro atoms. The highest BCUT2D eigenvalue weighted by molar-refractivity contribution is 5.77. The van der Waals surface area contributed by atoms with Crippen molar-refractivity contribution in [2.45, 2.75) is 18.8 Å². The molecule has 3 aromatic carbocycles. The second-order valence-electron chi connectivity index (χ2n) is 7.53. The van der Waals surface area contributed by atoms with Gasteiger partial charge in [0.05, 0.1) is 11.6 Å². The third kappa shape index (κ3) is 5.85. The van der Waals surface area contributed by atoms with Crippen molar-refractivity contribution in [1.82, 2.24) is 10.5 Å². The Kier molecular flexibility index (Phi) is 7.32. The molecule has 0 aliphatic rings. The van der Waals surface area contributed by atoms with E-state index in [1.807, 2.05) is 72.8 Å². The number of para-hydroxylation sites is 1. The molecular formula is C27H26N2O3. The van der Waals surface area contributed by atoms with Crippen LogP contribution in [-0.2, 0) is 11.2 Å². The maximum absolute atomic E-state index is 12.0. The minimum Gasteiger partial charge on any atom is -0.484 e. The number of ether oxygens (including phenoxy) is 1. The number of benzene rings is 3. The Bertz CT molecular complexity index is 1060. The van der Waals surface area contributed by atoms with E-state index >= 15 is 0 Å². The molecule has 0 saturated carbocycles. The molecule has 0 saturated heterocycles. The topological polar surface area (TPSA) is 64.4 Å². The van der Waals surface area contributed by atoms with Gasteiger partial charge in [-0.1, -0.05) is 84.0 Å². The van der Waals surface area contributed by atoms with E-state index in [2.05, 4.69) is 34.7 Å². The fourth-order valence-corrected chi connectivity index (χ4v) is 3.61. The fraction of sp³-hybridized carbons (Fsp3) is 0.185. The summed E-state index contributed by atoms with van der Waals surface area (Å²) in [5, 5.41) is 7.15. The Labute approximate surface area is 188 Å². The second kappa shape index (κ2) is 11.0. The molecule has 4 aromatic rings. The average Bonchev–Trinajstić information content (AvgIpc) is 3.31. The zero-order valence-corrected chi connectivity index (χ0v) is 17.8. The lowest BCUT2D eigenvalue weighted by atomic mass is 9.89. The number of hydrogen-bond donors (Lipinski definition) is 1. The number of amides is 1. The molecule has 0 atom stereocenters. The number of rotatable bonds is 10. The quantitative estimate of drug-likeness (QED) is 0.363. The Hall–Kier alpha value is -3.86. The predicted octanol–water partition coefficient (Wildman–Crippen LogP) is 4.98. The normalized spacial score (nSPS) is 10.8. The number of aromatic nitrogens is 1. The number of aryl methyl sites for hydroxylation is 1. The Morgan fingerprint density at radius 2 is 1.47 bits per heavy atom. The van der Waals surface area contributed by atoms with Crippen molar-refractivity contribution in [2.24, 2.45) is 0 Å². The van der Waals surface area contributed by atoms with Crippen LogP contribution in [0.3, 0.4) is 0 Å². The molecule has 1 aromatic heterocycles. The summed E-state index contributed by atoms with van der Waals surface area (Å²) in [6.07, 6.45) is 1.49. The van der Waals surface area contributed by atoms with Crippen LogP contribution in [0.25, 0.3) is 0 Å². The molecule has 0 bridgehead atoms. The van der Waals surface area contributed by atoms with Gasteiger partial charge in [-0.05, 0) is 36.1 Å². The maximum Gasteiger partial charge on any atom is 0.257 e. The van der Waals surface area contributed by atoms with Crippen molar-refractivity contribution >= 4 is 5.91 Å². The zero-order chi connectivity index (χ0) is 22.0. The number of carbonyl (C=O) groups is 1. The summed E-state index contributed by atoms with van der Waals surface area (Å²) in [5.74, 6) is 1.36. The third-order valence-electron chi connectivity index (χ3n) is 5.17. The van der Waals surface area contributed by atoms with Crippen LogP contribution in [0.4, 0.5) is 0 Å². The van der Waals surface area contributed by atoms with Crippen LogP contribution in [0.15, 0.2) is 102 Å². The lowest BCUT2D eigenvalue weighted by Gasteiger charge is -2.14. The van der Waals surface area contributed by atoms with Crippen LogP contribution in [0.5, 0.6) is 5.75 Å². The Morgan fingerprint density at radius 1 is 0.875 bits per heavy atom. The minimum atomic E-state index is -0.136. The van der Waals surface area contributed by atoms with Gasteiger partial charge in [-0.2, -0.15) is 0 Å². The van der Waals surface area contributed by atoms with Crippen molar-refractivity contribution in [3.63, 3.8) is 0 Å². The first-order valence-corrected chi connectivity index (χ1v) is 10.8. The monoisotopic (exact) mass is 426 g/mol. The van der Waals surface area contributed by atoms with Crippen molar-refractivity contribution in [3.8, 4) is 5.75 Å². The van der Waals surface area contributed by atoms with E-state index in [9.17, 15) is 4.79 Å². The van der Waals surface area contributed by atoms with Crippen molar-refractivity contribution in [1.29, 1.82) is 0 Å². The molecule has 32 heavy (non-hydrogen) atoms. The van der Waals surface area contributed by atoms with Crippen LogP contribution >= 0.6 is 0 Å². The smallest absolute Gasteiger partial charge is 0.257 e.